The molecule has 0 unspecified atom stereocenters. The third-order valence-corrected chi connectivity index (χ3v) is 4.78. The van der Waals surface area contributed by atoms with E-state index >= 15 is 0 Å². The van der Waals surface area contributed by atoms with Crippen molar-refractivity contribution in [1.82, 2.24) is 5.32 Å². The highest BCUT2D eigenvalue weighted by Gasteiger charge is 1.98. The maximum Gasteiger partial charge on any atom is 0.0208 e. The van der Waals surface area contributed by atoms with Crippen molar-refractivity contribution in [1.29, 1.82) is 0 Å². The predicted octanol–water partition coefficient (Wildman–Crippen LogP) is 5.67. The zero-order valence-corrected chi connectivity index (χ0v) is 16.3. The number of terminal acetylenes is 2. The highest BCUT2D eigenvalue weighted by Crippen LogP contribution is 2.11. The lowest BCUT2D eigenvalue weighted by Crippen LogP contribution is -2.12. The summed E-state index contributed by atoms with van der Waals surface area (Å²) in [5, 5.41) is 3.53. The van der Waals surface area contributed by atoms with E-state index in [4.69, 9.17) is 12.8 Å². The van der Waals surface area contributed by atoms with Gasteiger partial charge in [-0.05, 0) is 60.8 Å². The normalized spacial score (nSPS) is 10.3. The number of hydrogen-bond acceptors (Lipinski definition) is 1. The standard InChI is InChI=1S/C26H31N/c1-3-5-7-9-11-23-13-17-25(18-14-23)21-27-22-26-19-15-24(16-20-26)12-10-8-6-4-2/h1-2,13-20,27H,5-12,21-22H2. The fraction of sp³-hybridized carbons (Fsp3) is 0.385. The van der Waals surface area contributed by atoms with Crippen molar-refractivity contribution in [2.75, 3.05) is 0 Å². The van der Waals surface area contributed by atoms with Crippen LogP contribution in [0.25, 0.3) is 0 Å². The van der Waals surface area contributed by atoms with E-state index in [1.165, 1.54) is 35.1 Å². The van der Waals surface area contributed by atoms with Gasteiger partial charge in [-0.3, -0.25) is 0 Å². The molecule has 27 heavy (non-hydrogen) atoms. The lowest BCUT2D eigenvalue weighted by Gasteiger charge is -2.08. The molecule has 140 valence electrons. The summed E-state index contributed by atoms with van der Waals surface area (Å²) in [4.78, 5) is 0. The molecule has 1 N–H and O–H groups in total. The molecule has 0 aliphatic rings. The number of benzene rings is 2. The lowest BCUT2D eigenvalue weighted by molar-refractivity contribution is 0.692. The molecule has 0 radical (unpaired) electrons. The highest BCUT2D eigenvalue weighted by molar-refractivity contribution is 5.24. The van der Waals surface area contributed by atoms with Gasteiger partial charge >= 0.3 is 0 Å². The fourth-order valence-electron chi connectivity index (χ4n) is 3.11. The fourth-order valence-corrected chi connectivity index (χ4v) is 3.11. The van der Waals surface area contributed by atoms with Crippen LogP contribution in [0.15, 0.2) is 48.5 Å². The van der Waals surface area contributed by atoms with Crippen molar-refractivity contribution in [2.45, 2.75) is 64.5 Å². The molecular weight excluding hydrogens is 326 g/mol. The van der Waals surface area contributed by atoms with E-state index in [-0.39, 0.29) is 0 Å². The third-order valence-electron chi connectivity index (χ3n) is 4.78. The summed E-state index contributed by atoms with van der Waals surface area (Å²) in [6.07, 6.45) is 19.1. The maximum atomic E-state index is 5.29. The SMILES string of the molecule is C#CCCCCc1ccc(CNCc2ccc(CCCCC#C)cc2)cc1. The first-order valence-corrected chi connectivity index (χ1v) is 10.0. The average molecular weight is 358 g/mol. The molecule has 1 nitrogen and oxygen atoms in total. The predicted molar refractivity (Wildman–Crippen MR) is 116 cm³/mol. The Morgan fingerprint density at radius 3 is 1.30 bits per heavy atom. The van der Waals surface area contributed by atoms with Gasteiger partial charge in [0.15, 0.2) is 0 Å². The molecule has 0 fully saturated rings. The molecule has 0 aliphatic carbocycles. The van der Waals surface area contributed by atoms with Gasteiger partial charge < -0.3 is 5.32 Å². The second-order valence-electron chi connectivity index (χ2n) is 7.06. The van der Waals surface area contributed by atoms with E-state index in [0.717, 1.165) is 51.6 Å². The van der Waals surface area contributed by atoms with Crippen molar-refractivity contribution in [3.63, 3.8) is 0 Å². The van der Waals surface area contributed by atoms with Crippen molar-refractivity contribution in [3.8, 4) is 24.7 Å². The second kappa shape index (κ2) is 12.8. The third kappa shape index (κ3) is 8.63. The van der Waals surface area contributed by atoms with E-state index in [9.17, 15) is 0 Å². The summed E-state index contributed by atoms with van der Waals surface area (Å²) in [6, 6.07) is 17.9. The topological polar surface area (TPSA) is 12.0 Å². The van der Waals surface area contributed by atoms with Crippen LogP contribution in [0.4, 0.5) is 0 Å². The minimum Gasteiger partial charge on any atom is -0.309 e. The van der Waals surface area contributed by atoms with Gasteiger partial charge in [0.2, 0.25) is 0 Å². The quantitative estimate of drug-likeness (QED) is 0.381. The molecule has 0 atom stereocenters. The Labute approximate surface area is 165 Å². The molecule has 0 saturated carbocycles. The Morgan fingerprint density at radius 1 is 0.556 bits per heavy atom. The zero-order valence-electron chi connectivity index (χ0n) is 16.3. The zero-order chi connectivity index (χ0) is 19.2. The van der Waals surface area contributed by atoms with Crippen LogP contribution < -0.4 is 5.32 Å². The van der Waals surface area contributed by atoms with Gasteiger partial charge in [0, 0.05) is 25.9 Å². The summed E-state index contributed by atoms with van der Waals surface area (Å²) >= 11 is 0. The molecule has 2 aromatic carbocycles. The molecule has 0 heterocycles. The van der Waals surface area contributed by atoms with Crippen LogP contribution in [0.2, 0.25) is 0 Å². The summed E-state index contributed by atoms with van der Waals surface area (Å²) in [5.74, 6) is 5.40. The molecule has 0 saturated heterocycles. The first kappa shape index (κ1) is 20.8. The van der Waals surface area contributed by atoms with E-state index in [2.05, 4.69) is 65.7 Å². The smallest absolute Gasteiger partial charge is 0.0208 e. The summed E-state index contributed by atoms with van der Waals surface area (Å²) in [6.45, 7) is 1.79. The minimum absolute atomic E-state index is 0.884. The first-order chi connectivity index (χ1) is 13.3. The summed E-state index contributed by atoms with van der Waals surface area (Å²) in [7, 11) is 0. The average Bonchev–Trinajstić information content (AvgIpc) is 2.71. The molecule has 0 aromatic heterocycles. The highest BCUT2D eigenvalue weighted by atomic mass is 14.8. The van der Waals surface area contributed by atoms with Gasteiger partial charge in [-0.1, -0.05) is 48.5 Å². The Hall–Kier alpha value is -2.48. The molecular formula is C26H31N. The van der Waals surface area contributed by atoms with Gasteiger partial charge in [-0.25, -0.2) is 0 Å². The maximum absolute atomic E-state index is 5.29. The van der Waals surface area contributed by atoms with Crippen LogP contribution in [0.5, 0.6) is 0 Å². The minimum atomic E-state index is 0.884. The number of rotatable bonds is 12. The second-order valence-corrected chi connectivity index (χ2v) is 7.06. The number of aryl methyl sites for hydroxylation is 2. The molecule has 2 rings (SSSR count). The summed E-state index contributed by atoms with van der Waals surface area (Å²) in [5.41, 5.74) is 5.45. The molecule has 0 amide bonds. The van der Waals surface area contributed by atoms with Crippen LogP contribution in [0.3, 0.4) is 0 Å². The monoisotopic (exact) mass is 357 g/mol. The van der Waals surface area contributed by atoms with Gasteiger partial charge in [-0.2, -0.15) is 0 Å². The summed E-state index contributed by atoms with van der Waals surface area (Å²) < 4.78 is 0. The molecule has 0 spiro atoms. The van der Waals surface area contributed by atoms with E-state index in [1.807, 2.05) is 0 Å². The van der Waals surface area contributed by atoms with Crippen LogP contribution in [-0.4, -0.2) is 0 Å². The van der Waals surface area contributed by atoms with Crippen molar-refractivity contribution in [2.24, 2.45) is 0 Å². The Balaban J connectivity index is 1.67. The number of unbranched alkanes of at least 4 members (excludes halogenated alkanes) is 4. The van der Waals surface area contributed by atoms with Crippen LogP contribution >= 0.6 is 0 Å². The lowest BCUT2D eigenvalue weighted by atomic mass is 10.0. The van der Waals surface area contributed by atoms with Gasteiger partial charge in [0.1, 0.15) is 0 Å². The molecule has 0 aliphatic heterocycles. The van der Waals surface area contributed by atoms with Crippen LogP contribution in [-0.2, 0) is 25.9 Å². The Kier molecular flexibility index (Phi) is 9.88. The van der Waals surface area contributed by atoms with E-state index < -0.39 is 0 Å². The van der Waals surface area contributed by atoms with Gasteiger partial charge in [0.05, 0.1) is 0 Å². The van der Waals surface area contributed by atoms with Crippen LogP contribution in [0, 0.1) is 24.7 Å². The molecule has 0 bridgehead atoms. The van der Waals surface area contributed by atoms with Crippen molar-refractivity contribution in [3.05, 3.63) is 70.8 Å². The number of hydrogen-bond donors (Lipinski definition) is 1. The molecule has 2 aromatic rings. The van der Waals surface area contributed by atoms with Crippen LogP contribution in [0.1, 0.15) is 60.8 Å². The first-order valence-electron chi connectivity index (χ1n) is 10.0. The molecule has 1 heteroatoms. The van der Waals surface area contributed by atoms with E-state index in [0.29, 0.717) is 0 Å². The number of nitrogens with one attached hydrogen (secondary N) is 1. The largest absolute Gasteiger partial charge is 0.309 e. The Bertz CT molecular complexity index is 660. The van der Waals surface area contributed by atoms with Crippen molar-refractivity contribution < 1.29 is 0 Å². The van der Waals surface area contributed by atoms with E-state index in [1.54, 1.807) is 0 Å². The van der Waals surface area contributed by atoms with Gasteiger partial charge in [-0.15, -0.1) is 24.7 Å². The van der Waals surface area contributed by atoms with Crippen molar-refractivity contribution >= 4 is 0 Å². The Morgan fingerprint density at radius 2 is 0.926 bits per heavy atom. The van der Waals surface area contributed by atoms with Gasteiger partial charge in [0.25, 0.3) is 0 Å².